The number of aromatic nitrogens is 1. The van der Waals surface area contributed by atoms with Gasteiger partial charge in [-0.3, -0.25) is 28.8 Å². The van der Waals surface area contributed by atoms with E-state index in [2.05, 4.69) is 20.9 Å². The van der Waals surface area contributed by atoms with E-state index in [4.69, 9.17) is 16.3 Å². The first kappa shape index (κ1) is 46.7. The third-order valence-electron chi connectivity index (χ3n) is 11.6. The molecule has 5 rings (SSSR count). The number of halogens is 7. The van der Waals surface area contributed by atoms with Crippen LogP contribution >= 0.6 is 11.6 Å². The van der Waals surface area contributed by atoms with Gasteiger partial charge in [0.2, 0.25) is 41.3 Å². The Labute approximate surface area is 348 Å². The van der Waals surface area contributed by atoms with E-state index in [-0.39, 0.29) is 30.7 Å². The fourth-order valence-corrected chi connectivity index (χ4v) is 7.89. The molecule has 14 nitrogen and oxygen atoms in total. The van der Waals surface area contributed by atoms with Gasteiger partial charge in [-0.25, -0.2) is 18.2 Å². The van der Waals surface area contributed by atoms with Crippen molar-refractivity contribution in [3.05, 3.63) is 22.8 Å². The van der Waals surface area contributed by atoms with Crippen LogP contribution in [0.2, 0.25) is 5.02 Å². The van der Waals surface area contributed by atoms with Gasteiger partial charge in [-0.2, -0.15) is 13.2 Å². The maximum absolute atomic E-state index is 14.7. The fourth-order valence-electron chi connectivity index (χ4n) is 7.71. The first-order chi connectivity index (χ1) is 27.9. The van der Waals surface area contributed by atoms with Crippen LogP contribution in [-0.4, -0.2) is 137 Å². The maximum Gasteiger partial charge on any atom is 0.403 e. The van der Waals surface area contributed by atoms with Crippen LogP contribution in [0.15, 0.2) is 12.3 Å². The molecule has 60 heavy (non-hydrogen) atoms. The SMILES string of the molecule is CNC(=O)[C@H](Cc1cc(Cl)cnc1OC1CC1)N(C)C(=O)[C@H](CC(C)C)NC(=O)C(C)N(C)C(=O)[C@@H](NC(=O)[C@@H]1C[C@@H](F)CN1C(=O)C1(C(F)(F)F)CC(F)(F)C1)C1CC1. The molecule has 0 spiro atoms. The van der Waals surface area contributed by atoms with Gasteiger partial charge in [0.25, 0.3) is 5.92 Å². The summed E-state index contributed by atoms with van der Waals surface area (Å²) in [6.07, 6.45) is -7.62. The Hall–Kier alpha value is -4.36. The molecule has 2 heterocycles. The van der Waals surface area contributed by atoms with Crippen LogP contribution in [-0.2, 0) is 35.2 Å². The molecule has 4 aliphatic rings. The average molecular weight is 880 g/mol. The molecule has 1 unspecified atom stereocenters. The molecule has 6 atom stereocenters. The van der Waals surface area contributed by atoms with Gasteiger partial charge < -0.3 is 35.4 Å². The van der Waals surface area contributed by atoms with E-state index < -0.39 is 121 Å². The molecule has 4 fully saturated rings. The standard InChI is InChI=1S/C39H52ClF6N7O7/c1-19(2)11-26(34(57)52(6)27(31(55)47-4)13-22-12-23(40)15-48-33(22)60-25-9-10-25)49-30(54)20(3)51(5)35(58)29(21-7-8-21)50-32(56)28-14-24(41)16-53(28)36(59)37(39(44,45)46)17-38(42,43)18-37/h12,15,19-21,24-29H,7-11,13-14,16-18H2,1-6H3,(H,47,55)(H,49,54)(H,50,56)/t20?,24-,26+,27+,28+,29+/m1/s1. The van der Waals surface area contributed by atoms with Gasteiger partial charge in [-0.05, 0) is 56.9 Å². The van der Waals surface area contributed by atoms with Crippen LogP contribution in [0.25, 0.3) is 0 Å². The lowest BCUT2D eigenvalue weighted by molar-refractivity contribution is -0.299. The Morgan fingerprint density at radius 2 is 1.62 bits per heavy atom. The normalized spacial score (nSPS) is 22.7. The molecule has 21 heteroatoms. The predicted octanol–water partition coefficient (Wildman–Crippen LogP) is 3.58. The predicted molar refractivity (Wildman–Crippen MR) is 203 cm³/mol. The van der Waals surface area contributed by atoms with Crippen LogP contribution in [0.3, 0.4) is 0 Å². The van der Waals surface area contributed by atoms with Gasteiger partial charge in [0.1, 0.15) is 42.5 Å². The molecule has 6 amide bonds. The Bertz CT molecular complexity index is 1820. The van der Waals surface area contributed by atoms with E-state index in [0.29, 0.717) is 28.3 Å². The highest BCUT2D eigenvalue weighted by Crippen LogP contribution is 2.61. The summed E-state index contributed by atoms with van der Waals surface area (Å²) in [5.41, 5.74) is -2.99. The molecule has 1 aliphatic heterocycles. The number of carbonyl (C=O) groups excluding carboxylic acids is 6. The topological polar surface area (TPSA) is 170 Å². The maximum atomic E-state index is 14.7. The number of hydrogen-bond donors (Lipinski definition) is 3. The van der Waals surface area contributed by atoms with E-state index in [0.717, 1.165) is 17.7 Å². The second-order valence-electron chi connectivity index (χ2n) is 17.0. The quantitative estimate of drug-likeness (QED) is 0.200. The summed E-state index contributed by atoms with van der Waals surface area (Å²) in [5, 5.41) is 7.99. The number of hydrogen-bond acceptors (Lipinski definition) is 8. The Kier molecular flexibility index (Phi) is 14.0. The van der Waals surface area contributed by atoms with Crippen LogP contribution in [0.4, 0.5) is 26.3 Å². The summed E-state index contributed by atoms with van der Waals surface area (Å²) in [6, 6.07) is -5.07. The van der Waals surface area contributed by atoms with Crippen molar-refractivity contribution in [2.75, 3.05) is 27.7 Å². The van der Waals surface area contributed by atoms with Gasteiger partial charge in [-0.15, -0.1) is 0 Å². The number of likely N-dealkylation sites (tertiary alicyclic amines) is 1. The van der Waals surface area contributed by atoms with Crippen molar-refractivity contribution >= 4 is 47.0 Å². The minimum atomic E-state index is -5.39. The second-order valence-corrected chi connectivity index (χ2v) is 17.4. The van der Waals surface area contributed by atoms with Gasteiger partial charge in [0.15, 0.2) is 5.41 Å². The lowest BCUT2D eigenvalue weighted by atomic mass is 9.64. The average Bonchev–Trinajstić information content (AvgIpc) is 4.11. The Morgan fingerprint density at radius 3 is 2.15 bits per heavy atom. The molecule has 0 radical (unpaired) electrons. The van der Waals surface area contributed by atoms with Gasteiger partial charge in [0.05, 0.1) is 11.6 Å². The van der Waals surface area contributed by atoms with Crippen molar-refractivity contribution in [3.63, 3.8) is 0 Å². The minimum absolute atomic E-state index is 0.0205. The number of carbonyl (C=O) groups is 6. The van der Waals surface area contributed by atoms with Gasteiger partial charge in [0, 0.05) is 58.6 Å². The van der Waals surface area contributed by atoms with Crippen molar-refractivity contribution < 1.29 is 59.8 Å². The zero-order chi connectivity index (χ0) is 44.6. The monoisotopic (exact) mass is 879 g/mol. The summed E-state index contributed by atoms with van der Waals surface area (Å²) < 4.78 is 90.2. The zero-order valence-corrected chi connectivity index (χ0v) is 35.0. The van der Waals surface area contributed by atoms with Crippen LogP contribution in [0.5, 0.6) is 5.88 Å². The van der Waals surface area contributed by atoms with E-state index in [1.165, 1.54) is 39.2 Å². The molecule has 0 bridgehead atoms. The smallest absolute Gasteiger partial charge is 0.403 e. The summed E-state index contributed by atoms with van der Waals surface area (Å²) in [5.74, 6) is -9.74. The number of rotatable bonds is 17. The van der Waals surface area contributed by atoms with Crippen LogP contribution in [0.1, 0.15) is 77.7 Å². The molecule has 1 aromatic rings. The third kappa shape index (κ3) is 10.4. The molecular weight excluding hydrogens is 828 g/mol. The van der Waals surface area contributed by atoms with Crippen molar-refractivity contribution in [1.29, 1.82) is 0 Å². The van der Waals surface area contributed by atoms with Crippen molar-refractivity contribution in [2.24, 2.45) is 17.3 Å². The lowest BCUT2D eigenvalue weighted by Crippen LogP contribution is -2.65. The van der Waals surface area contributed by atoms with E-state index in [1.54, 1.807) is 6.07 Å². The Morgan fingerprint density at radius 1 is 0.983 bits per heavy atom. The number of nitrogens with one attached hydrogen (secondary N) is 3. The molecule has 0 aromatic carbocycles. The summed E-state index contributed by atoms with van der Waals surface area (Å²) in [4.78, 5) is 88.7. The number of likely N-dealkylation sites (N-methyl/N-ethyl adjacent to an activating group) is 3. The van der Waals surface area contributed by atoms with Gasteiger partial charge in [-0.1, -0.05) is 25.4 Å². The van der Waals surface area contributed by atoms with Crippen LogP contribution < -0.4 is 20.7 Å². The van der Waals surface area contributed by atoms with E-state index >= 15 is 0 Å². The van der Waals surface area contributed by atoms with Crippen molar-refractivity contribution in [2.45, 2.75) is 133 Å². The van der Waals surface area contributed by atoms with E-state index in [9.17, 15) is 55.1 Å². The van der Waals surface area contributed by atoms with Crippen LogP contribution in [0, 0.1) is 17.3 Å². The third-order valence-corrected chi connectivity index (χ3v) is 11.9. The number of ether oxygens (including phenoxy) is 1. The second kappa shape index (κ2) is 17.9. The molecule has 334 valence electrons. The molecule has 1 aromatic heterocycles. The number of amides is 6. The van der Waals surface area contributed by atoms with Gasteiger partial charge >= 0.3 is 6.18 Å². The largest absolute Gasteiger partial charge is 0.474 e. The fraction of sp³-hybridized carbons (Fsp3) is 0.718. The highest BCUT2D eigenvalue weighted by molar-refractivity contribution is 6.30. The Balaban J connectivity index is 1.28. The van der Waals surface area contributed by atoms with E-state index in [1.807, 2.05) is 13.8 Å². The molecule has 3 saturated carbocycles. The first-order valence-corrected chi connectivity index (χ1v) is 20.3. The summed E-state index contributed by atoms with van der Waals surface area (Å²) in [7, 11) is 4.10. The summed E-state index contributed by atoms with van der Waals surface area (Å²) in [6.45, 7) is 4.08. The lowest BCUT2D eigenvalue weighted by Gasteiger charge is -2.48. The molecule has 3 N–H and O–H groups in total. The molecular formula is C39H52ClF6N7O7. The summed E-state index contributed by atoms with van der Waals surface area (Å²) >= 11 is 6.23. The molecule has 3 aliphatic carbocycles. The van der Waals surface area contributed by atoms with Crippen molar-refractivity contribution in [3.8, 4) is 5.88 Å². The number of alkyl halides is 6. The minimum Gasteiger partial charge on any atom is -0.474 e. The highest BCUT2D eigenvalue weighted by Gasteiger charge is 2.75. The van der Waals surface area contributed by atoms with Crippen molar-refractivity contribution in [1.82, 2.24) is 35.6 Å². The zero-order valence-electron chi connectivity index (χ0n) is 34.2. The number of pyridine rings is 1. The highest BCUT2D eigenvalue weighted by atomic mass is 35.5. The first-order valence-electron chi connectivity index (χ1n) is 20.0. The molecule has 1 saturated heterocycles. The number of nitrogens with zero attached hydrogens (tertiary/aromatic N) is 4.